The molecule has 0 aromatic heterocycles. The van der Waals surface area contributed by atoms with Gasteiger partial charge in [0.05, 0.1) is 0 Å². The normalized spacial score (nSPS) is 17.1. The summed E-state index contributed by atoms with van der Waals surface area (Å²) in [6.45, 7) is 6.48. The van der Waals surface area contributed by atoms with Crippen LogP contribution in [0.1, 0.15) is 37.3 Å². The average molecular weight is 378 g/mol. The summed E-state index contributed by atoms with van der Waals surface area (Å²) >= 11 is 0. The zero-order valence-corrected chi connectivity index (χ0v) is 17.4. The van der Waals surface area contributed by atoms with E-state index in [0.717, 1.165) is 24.3 Å². The van der Waals surface area contributed by atoms with Crippen molar-refractivity contribution in [1.29, 1.82) is 0 Å². The van der Waals surface area contributed by atoms with Gasteiger partial charge in [-0.1, -0.05) is 38.1 Å². The zero-order valence-electron chi connectivity index (χ0n) is 17.4. The summed E-state index contributed by atoms with van der Waals surface area (Å²) in [6, 6.07) is 17.0. The highest BCUT2D eigenvalue weighted by atomic mass is 16.1. The molecule has 1 aliphatic rings. The minimum Gasteiger partial charge on any atom is -0.370 e. The third-order valence-corrected chi connectivity index (χ3v) is 5.42. The van der Waals surface area contributed by atoms with E-state index >= 15 is 0 Å². The fourth-order valence-electron chi connectivity index (χ4n) is 3.50. The van der Waals surface area contributed by atoms with Gasteiger partial charge in [-0.3, -0.25) is 4.79 Å². The van der Waals surface area contributed by atoms with Gasteiger partial charge >= 0.3 is 0 Å². The van der Waals surface area contributed by atoms with Crippen LogP contribution in [0, 0.1) is 0 Å². The van der Waals surface area contributed by atoms with E-state index in [0.29, 0.717) is 12.0 Å². The molecule has 1 N–H and O–H groups in total. The Labute approximate surface area is 168 Å². The summed E-state index contributed by atoms with van der Waals surface area (Å²) < 4.78 is 0. The lowest BCUT2D eigenvalue weighted by molar-refractivity contribution is -0.111. The molecule has 0 spiro atoms. The molecular weight excluding hydrogens is 346 g/mol. The van der Waals surface area contributed by atoms with Gasteiger partial charge in [0.25, 0.3) is 0 Å². The van der Waals surface area contributed by atoms with E-state index in [2.05, 4.69) is 67.3 Å². The molecule has 1 aliphatic heterocycles. The Bertz CT molecular complexity index is 807. The van der Waals surface area contributed by atoms with Crippen LogP contribution in [0.25, 0.3) is 6.08 Å². The predicted octanol–water partition coefficient (Wildman–Crippen LogP) is 4.60. The lowest BCUT2D eigenvalue weighted by Gasteiger charge is -2.22. The van der Waals surface area contributed by atoms with Crippen LogP contribution in [-0.4, -0.2) is 44.0 Å². The van der Waals surface area contributed by atoms with Crippen molar-refractivity contribution in [3.8, 4) is 0 Å². The highest BCUT2D eigenvalue weighted by Gasteiger charge is 2.23. The van der Waals surface area contributed by atoms with E-state index in [-0.39, 0.29) is 5.91 Å². The number of likely N-dealkylation sites (N-methyl/N-ethyl adjacent to an activating group) is 1. The van der Waals surface area contributed by atoms with Gasteiger partial charge in [-0.15, -0.1) is 0 Å². The highest BCUT2D eigenvalue weighted by Crippen LogP contribution is 2.24. The fourth-order valence-corrected chi connectivity index (χ4v) is 3.50. The largest absolute Gasteiger partial charge is 0.370 e. The van der Waals surface area contributed by atoms with Gasteiger partial charge in [0, 0.05) is 36.6 Å². The van der Waals surface area contributed by atoms with Crippen molar-refractivity contribution in [3.05, 3.63) is 65.7 Å². The smallest absolute Gasteiger partial charge is 0.248 e. The number of amides is 1. The third-order valence-electron chi connectivity index (χ3n) is 5.42. The molecule has 2 aromatic rings. The molecule has 1 unspecified atom stereocenters. The molecule has 3 rings (SSSR count). The monoisotopic (exact) mass is 377 g/mol. The summed E-state index contributed by atoms with van der Waals surface area (Å²) in [5.41, 5.74) is 4.36. The van der Waals surface area contributed by atoms with Crippen molar-refractivity contribution in [3.63, 3.8) is 0 Å². The minimum atomic E-state index is -0.116. The van der Waals surface area contributed by atoms with Gasteiger partial charge in [-0.2, -0.15) is 0 Å². The summed E-state index contributed by atoms with van der Waals surface area (Å²) in [7, 11) is 4.28. The van der Waals surface area contributed by atoms with Crippen LogP contribution in [-0.2, 0) is 4.79 Å². The number of nitrogens with zero attached hydrogens (tertiary/aromatic N) is 2. The van der Waals surface area contributed by atoms with Crippen LogP contribution in [0.5, 0.6) is 0 Å². The third kappa shape index (κ3) is 5.23. The Morgan fingerprint density at radius 3 is 2.36 bits per heavy atom. The lowest BCUT2D eigenvalue weighted by atomic mass is 10.0. The average Bonchev–Trinajstić information content (AvgIpc) is 3.18. The van der Waals surface area contributed by atoms with Gasteiger partial charge < -0.3 is 15.1 Å². The van der Waals surface area contributed by atoms with E-state index in [1.165, 1.54) is 17.7 Å². The van der Waals surface area contributed by atoms with Crippen LogP contribution in [0.2, 0.25) is 0 Å². The van der Waals surface area contributed by atoms with Crippen LogP contribution in [0.15, 0.2) is 54.6 Å². The molecule has 1 heterocycles. The van der Waals surface area contributed by atoms with Crippen LogP contribution >= 0.6 is 0 Å². The Balaban J connectivity index is 1.54. The van der Waals surface area contributed by atoms with E-state index in [4.69, 9.17) is 0 Å². The Morgan fingerprint density at radius 2 is 1.79 bits per heavy atom. The van der Waals surface area contributed by atoms with Crippen LogP contribution in [0.3, 0.4) is 0 Å². The number of benzene rings is 2. The lowest BCUT2D eigenvalue weighted by Crippen LogP contribution is -2.31. The molecule has 4 nitrogen and oxygen atoms in total. The standard InChI is InChI=1S/C24H31N3O/c1-18(2)20-8-5-19(6-9-20)7-14-24(28)25-21-10-12-22(13-11-21)27-16-15-23(17-27)26(3)4/h5-14,18,23H,15-17H2,1-4H3,(H,25,28). The second-order valence-electron chi connectivity index (χ2n) is 8.04. The van der Waals surface area contributed by atoms with Gasteiger partial charge in [0.15, 0.2) is 0 Å². The van der Waals surface area contributed by atoms with E-state index in [1.807, 2.05) is 30.3 Å². The molecule has 1 atom stereocenters. The maximum absolute atomic E-state index is 12.2. The number of carbonyl (C=O) groups is 1. The molecule has 28 heavy (non-hydrogen) atoms. The van der Waals surface area contributed by atoms with Crippen molar-refractivity contribution in [2.24, 2.45) is 0 Å². The van der Waals surface area contributed by atoms with Crippen molar-refractivity contribution in [2.75, 3.05) is 37.4 Å². The first-order chi connectivity index (χ1) is 13.4. The van der Waals surface area contributed by atoms with Crippen molar-refractivity contribution >= 4 is 23.4 Å². The number of carbonyl (C=O) groups excluding carboxylic acids is 1. The van der Waals surface area contributed by atoms with E-state index in [1.54, 1.807) is 6.08 Å². The Kier molecular flexibility index (Phi) is 6.53. The predicted molar refractivity (Wildman–Crippen MR) is 119 cm³/mol. The Morgan fingerprint density at radius 1 is 1.11 bits per heavy atom. The molecule has 4 heteroatoms. The quantitative estimate of drug-likeness (QED) is 0.747. The molecule has 0 saturated carbocycles. The van der Waals surface area contributed by atoms with E-state index < -0.39 is 0 Å². The minimum absolute atomic E-state index is 0.116. The maximum Gasteiger partial charge on any atom is 0.248 e. The summed E-state index contributed by atoms with van der Waals surface area (Å²) in [5.74, 6) is 0.396. The molecule has 0 aliphatic carbocycles. The maximum atomic E-state index is 12.2. The molecule has 0 radical (unpaired) electrons. The zero-order chi connectivity index (χ0) is 20.1. The van der Waals surface area contributed by atoms with Gasteiger partial charge in [0.1, 0.15) is 0 Å². The first kappa shape index (κ1) is 20.2. The number of hydrogen-bond acceptors (Lipinski definition) is 3. The van der Waals surface area contributed by atoms with Crippen molar-refractivity contribution in [2.45, 2.75) is 32.2 Å². The van der Waals surface area contributed by atoms with Crippen LogP contribution in [0.4, 0.5) is 11.4 Å². The second kappa shape index (κ2) is 9.07. The molecule has 2 aromatic carbocycles. The summed E-state index contributed by atoms with van der Waals surface area (Å²) in [5, 5.41) is 2.93. The van der Waals surface area contributed by atoms with E-state index in [9.17, 15) is 4.79 Å². The number of nitrogens with one attached hydrogen (secondary N) is 1. The first-order valence-electron chi connectivity index (χ1n) is 10.0. The second-order valence-corrected chi connectivity index (χ2v) is 8.04. The molecule has 1 fully saturated rings. The topological polar surface area (TPSA) is 35.6 Å². The number of anilines is 2. The van der Waals surface area contributed by atoms with Crippen molar-refractivity contribution in [1.82, 2.24) is 4.90 Å². The van der Waals surface area contributed by atoms with Gasteiger partial charge in [0.2, 0.25) is 5.91 Å². The number of hydrogen-bond donors (Lipinski definition) is 1. The SMILES string of the molecule is CC(C)c1ccc(C=CC(=O)Nc2ccc(N3CCC(N(C)C)C3)cc2)cc1. The molecule has 0 bridgehead atoms. The van der Waals surface area contributed by atoms with Gasteiger partial charge in [-0.25, -0.2) is 0 Å². The molecular formula is C24H31N3O. The summed E-state index contributed by atoms with van der Waals surface area (Å²) in [6.07, 6.45) is 4.62. The summed E-state index contributed by atoms with van der Waals surface area (Å²) in [4.78, 5) is 16.9. The first-order valence-corrected chi connectivity index (χ1v) is 10.0. The highest BCUT2D eigenvalue weighted by molar-refractivity contribution is 6.02. The molecule has 1 amide bonds. The molecule has 1 saturated heterocycles. The van der Waals surface area contributed by atoms with Gasteiger partial charge in [-0.05, 0) is 67.9 Å². The van der Waals surface area contributed by atoms with Crippen molar-refractivity contribution < 1.29 is 4.79 Å². The number of rotatable bonds is 6. The fraction of sp³-hybridized carbons (Fsp3) is 0.375. The van der Waals surface area contributed by atoms with Crippen LogP contribution < -0.4 is 10.2 Å². The Hall–Kier alpha value is -2.59. The molecule has 148 valence electrons.